The summed E-state index contributed by atoms with van der Waals surface area (Å²) < 4.78 is 53.5. The van der Waals surface area contributed by atoms with Crippen LogP contribution in [0.1, 0.15) is 16.1 Å². The van der Waals surface area contributed by atoms with Gasteiger partial charge < -0.3 is 10.0 Å². The van der Waals surface area contributed by atoms with Crippen LogP contribution < -0.4 is 0 Å². The molecule has 0 radical (unpaired) electrons. The maximum absolute atomic E-state index is 13.2. The monoisotopic (exact) mass is 386 g/mol. The van der Waals surface area contributed by atoms with Gasteiger partial charge in [0, 0.05) is 13.1 Å². The number of amides is 1. The summed E-state index contributed by atoms with van der Waals surface area (Å²) in [4.78, 5) is 24.4. The van der Waals surface area contributed by atoms with Crippen LogP contribution in [-0.2, 0) is 4.79 Å². The molecule has 1 aliphatic rings. The van der Waals surface area contributed by atoms with Crippen molar-refractivity contribution in [3.63, 3.8) is 0 Å². The Kier molecular flexibility index (Phi) is 4.62. The number of benzene rings is 1. The number of hydrogen-bond acceptors (Lipinski definition) is 4. The van der Waals surface area contributed by atoms with Crippen LogP contribution in [0.3, 0.4) is 0 Å². The minimum atomic E-state index is -4.74. The summed E-state index contributed by atoms with van der Waals surface area (Å²) in [5.41, 5.74) is 0.731. The number of alkyl halides is 3. The zero-order chi connectivity index (χ0) is 19.9. The summed E-state index contributed by atoms with van der Waals surface area (Å²) in [6.45, 7) is 0.288. The average molecular weight is 386 g/mol. The predicted molar refractivity (Wildman–Crippen MR) is 82.6 cm³/mol. The van der Waals surface area contributed by atoms with E-state index in [1.165, 1.54) is 29.1 Å². The van der Waals surface area contributed by atoms with Crippen molar-refractivity contribution in [2.75, 3.05) is 13.1 Å². The molecule has 0 unspecified atom stereocenters. The third-order valence-corrected chi connectivity index (χ3v) is 4.46. The summed E-state index contributed by atoms with van der Waals surface area (Å²) in [5, 5.41) is 16.4. The van der Waals surface area contributed by atoms with Crippen molar-refractivity contribution in [1.82, 2.24) is 19.9 Å². The molecule has 0 bridgehead atoms. The fourth-order valence-corrected chi connectivity index (χ4v) is 3.07. The van der Waals surface area contributed by atoms with Gasteiger partial charge in [0.15, 0.2) is 5.69 Å². The molecule has 11 heteroatoms. The highest BCUT2D eigenvalue weighted by Crippen LogP contribution is 2.38. The second-order valence-corrected chi connectivity index (χ2v) is 6.28. The van der Waals surface area contributed by atoms with Crippen molar-refractivity contribution in [3.05, 3.63) is 41.5 Å². The maximum atomic E-state index is 13.2. The highest BCUT2D eigenvalue weighted by atomic mass is 19.4. The minimum absolute atomic E-state index is 0.231. The number of hydrogen-bond donors (Lipinski definition) is 1. The maximum Gasteiger partial charge on any atom is 0.394 e. The van der Waals surface area contributed by atoms with Crippen LogP contribution in [0.4, 0.5) is 17.6 Å². The van der Waals surface area contributed by atoms with Gasteiger partial charge in [-0.2, -0.15) is 13.2 Å². The molecule has 0 aliphatic carbocycles. The molecular formula is C16H14F4N4O3. The van der Waals surface area contributed by atoms with Gasteiger partial charge in [-0.15, -0.1) is 5.10 Å². The van der Waals surface area contributed by atoms with E-state index in [9.17, 15) is 27.2 Å². The Morgan fingerprint density at radius 3 is 2.52 bits per heavy atom. The highest BCUT2D eigenvalue weighted by molar-refractivity contribution is 5.92. The molecule has 1 aliphatic heterocycles. The molecule has 27 heavy (non-hydrogen) atoms. The first-order valence-electron chi connectivity index (χ1n) is 7.85. The Morgan fingerprint density at radius 2 is 1.96 bits per heavy atom. The van der Waals surface area contributed by atoms with Gasteiger partial charge in [-0.05, 0) is 30.7 Å². The lowest BCUT2D eigenvalue weighted by molar-refractivity contribution is -0.187. The van der Waals surface area contributed by atoms with Crippen molar-refractivity contribution in [2.45, 2.75) is 13.1 Å². The molecule has 1 N–H and O–H groups in total. The van der Waals surface area contributed by atoms with Crippen LogP contribution >= 0.6 is 0 Å². The Balaban J connectivity index is 1.83. The second kappa shape index (κ2) is 6.63. The van der Waals surface area contributed by atoms with Crippen molar-refractivity contribution in [2.24, 2.45) is 11.8 Å². The summed E-state index contributed by atoms with van der Waals surface area (Å²) in [6.07, 6.45) is -3.53. The van der Waals surface area contributed by atoms with E-state index in [1.807, 2.05) is 0 Å². The zero-order valence-electron chi connectivity index (χ0n) is 13.9. The number of aryl methyl sites for hydroxylation is 1. The number of carbonyl (C=O) groups is 2. The van der Waals surface area contributed by atoms with E-state index in [0.717, 1.165) is 4.90 Å². The Bertz CT molecular complexity index is 896. The van der Waals surface area contributed by atoms with Gasteiger partial charge in [0.05, 0.1) is 23.7 Å². The zero-order valence-corrected chi connectivity index (χ0v) is 13.9. The van der Waals surface area contributed by atoms with Crippen molar-refractivity contribution in [1.29, 1.82) is 0 Å². The van der Waals surface area contributed by atoms with E-state index in [4.69, 9.17) is 5.11 Å². The summed E-state index contributed by atoms with van der Waals surface area (Å²) in [5.74, 6) is -6.79. The second-order valence-electron chi connectivity index (χ2n) is 6.28. The first-order valence-corrected chi connectivity index (χ1v) is 7.85. The van der Waals surface area contributed by atoms with E-state index in [2.05, 4.69) is 10.3 Å². The minimum Gasteiger partial charge on any atom is -0.481 e. The Labute approximate surface area is 150 Å². The average Bonchev–Trinajstić information content (AvgIpc) is 3.21. The van der Waals surface area contributed by atoms with E-state index in [1.54, 1.807) is 6.92 Å². The third-order valence-electron chi connectivity index (χ3n) is 4.46. The number of aliphatic carboxylic acids is 1. The van der Waals surface area contributed by atoms with Gasteiger partial charge >= 0.3 is 12.1 Å². The van der Waals surface area contributed by atoms with E-state index in [0.29, 0.717) is 11.3 Å². The van der Waals surface area contributed by atoms with E-state index < -0.39 is 48.8 Å². The number of aromatic nitrogens is 3. The first-order chi connectivity index (χ1) is 12.6. The number of nitrogens with zero attached hydrogens (tertiary/aromatic N) is 4. The van der Waals surface area contributed by atoms with Crippen LogP contribution in [-0.4, -0.2) is 56.1 Å². The SMILES string of the molecule is Cc1cc(F)ccc1-n1cc(C(=O)N2C[C@@H](C(F)(F)F)[C@H](C(=O)O)C2)nn1. The molecule has 2 atom stereocenters. The largest absolute Gasteiger partial charge is 0.481 e. The number of rotatable bonds is 3. The molecule has 2 heterocycles. The normalized spacial score (nSPS) is 20.1. The summed E-state index contributed by atoms with van der Waals surface area (Å²) >= 11 is 0. The molecule has 7 nitrogen and oxygen atoms in total. The fourth-order valence-electron chi connectivity index (χ4n) is 3.07. The number of carboxylic acid groups (broad SMARTS) is 1. The molecule has 2 aromatic rings. The lowest BCUT2D eigenvalue weighted by Gasteiger charge is -2.17. The number of halogens is 4. The summed E-state index contributed by atoms with van der Waals surface area (Å²) in [7, 11) is 0. The molecule has 1 aromatic heterocycles. The number of likely N-dealkylation sites (tertiary alicyclic amines) is 1. The van der Waals surface area contributed by atoms with E-state index >= 15 is 0 Å². The van der Waals surface area contributed by atoms with E-state index in [-0.39, 0.29) is 5.69 Å². The molecule has 144 valence electrons. The number of carbonyl (C=O) groups excluding carboxylic acids is 1. The smallest absolute Gasteiger partial charge is 0.394 e. The van der Waals surface area contributed by atoms with Crippen LogP contribution in [0.25, 0.3) is 5.69 Å². The molecule has 1 saturated heterocycles. The topological polar surface area (TPSA) is 88.3 Å². The van der Waals surface area contributed by atoms with Gasteiger partial charge in [-0.25, -0.2) is 9.07 Å². The molecule has 1 fully saturated rings. The van der Waals surface area contributed by atoms with Crippen molar-refractivity contribution < 1.29 is 32.3 Å². The van der Waals surface area contributed by atoms with Gasteiger partial charge in [0.2, 0.25) is 0 Å². The van der Waals surface area contributed by atoms with Crippen molar-refractivity contribution in [3.8, 4) is 5.69 Å². The molecular weight excluding hydrogens is 372 g/mol. The molecule has 0 saturated carbocycles. The lowest BCUT2D eigenvalue weighted by Crippen LogP contribution is -2.34. The standard InChI is InChI=1S/C16H14F4N4O3/c1-8-4-9(17)2-3-13(8)24-7-12(21-22-24)14(25)23-5-10(15(26)27)11(6-23)16(18,19)20/h2-4,7,10-11H,5-6H2,1H3,(H,26,27)/t10-,11-/m1/s1. The number of carboxylic acids is 1. The summed E-state index contributed by atoms with van der Waals surface area (Å²) in [6, 6.07) is 3.87. The molecule has 0 spiro atoms. The molecule has 1 amide bonds. The molecule has 1 aromatic carbocycles. The van der Waals surface area contributed by atoms with Gasteiger partial charge in [-0.1, -0.05) is 5.21 Å². The van der Waals surface area contributed by atoms with Gasteiger partial charge in [0.25, 0.3) is 5.91 Å². The fraction of sp³-hybridized carbons (Fsp3) is 0.375. The van der Waals surface area contributed by atoms with Crippen LogP contribution in [0.5, 0.6) is 0 Å². The highest BCUT2D eigenvalue weighted by Gasteiger charge is 2.53. The van der Waals surface area contributed by atoms with Crippen LogP contribution in [0.2, 0.25) is 0 Å². The van der Waals surface area contributed by atoms with Crippen LogP contribution in [0, 0.1) is 24.6 Å². The Hall–Kier alpha value is -2.98. The lowest BCUT2D eigenvalue weighted by atomic mass is 9.96. The van der Waals surface area contributed by atoms with Gasteiger partial charge in [0.1, 0.15) is 5.82 Å². The molecule has 3 rings (SSSR count). The predicted octanol–water partition coefficient (Wildman–Crippen LogP) is 2.05. The first kappa shape index (κ1) is 18.8. The quantitative estimate of drug-likeness (QED) is 0.816. The van der Waals surface area contributed by atoms with Crippen molar-refractivity contribution >= 4 is 11.9 Å². The van der Waals surface area contributed by atoms with Gasteiger partial charge in [-0.3, -0.25) is 9.59 Å². The Morgan fingerprint density at radius 1 is 1.26 bits per heavy atom. The van der Waals surface area contributed by atoms with Crippen LogP contribution in [0.15, 0.2) is 24.4 Å². The third kappa shape index (κ3) is 3.62.